The summed E-state index contributed by atoms with van der Waals surface area (Å²) in [6, 6.07) is 7.54. The summed E-state index contributed by atoms with van der Waals surface area (Å²) in [5.74, 6) is -0.949. The summed E-state index contributed by atoms with van der Waals surface area (Å²) in [4.78, 5) is 29.3. The molecule has 27 heavy (non-hydrogen) atoms. The van der Waals surface area contributed by atoms with Gasteiger partial charge in [-0.25, -0.2) is 4.99 Å². The molecular weight excluding hydrogens is 384 g/mol. The van der Waals surface area contributed by atoms with E-state index in [4.69, 9.17) is 4.74 Å². The lowest BCUT2D eigenvalue weighted by molar-refractivity contribution is -0.145. The van der Waals surface area contributed by atoms with Crippen LogP contribution in [-0.2, 0) is 15.3 Å². The van der Waals surface area contributed by atoms with Crippen molar-refractivity contribution in [1.29, 1.82) is 5.26 Å². The zero-order valence-electron chi connectivity index (χ0n) is 14.8. The average Bonchev–Trinajstić information content (AvgIpc) is 3.31. The lowest BCUT2D eigenvalue weighted by Gasteiger charge is -2.29. The lowest BCUT2D eigenvalue weighted by Crippen LogP contribution is -2.33. The molecule has 3 rings (SSSR count). The highest BCUT2D eigenvalue weighted by Gasteiger charge is 2.40. The monoisotopic (exact) mass is 402 g/mol. The second-order valence-corrected chi connectivity index (χ2v) is 7.82. The van der Waals surface area contributed by atoms with Crippen LogP contribution in [0.4, 0.5) is 0 Å². The SMILES string of the molecule is CCOC(=O)C1C(C)=NC(SCc2cc(=O)[nH][nH]2)=C(C#N)[C@@H]1c1cccs1. The van der Waals surface area contributed by atoms with Crippen molar-refractivity contribution >= 4 is 34.8 Å². The van der Waals surface area contributed by atoms with Gasteiger partial charge in [-0.2, -0.15) is 5.26 Å². The molecule has 9 heteroatoms. The Kier molecular flexibility index (Phi) is 5.98. The van der Waals surface area contributed by atoms with Gasteiger partial charge in [0.2, 0.25) is 0 Å². The van der Waals surface area contributed by atoms with E-state index in [0.717, 1.165) is 4.88 Å². The van der Waals surface area contributed by atoms with Gasteiger partial charge < -0.3 is 9.84 Å². The van der Waals surface area contributed by atoms with E-state index >= 15 is 0 Å². The van der Waals surface area contributed by atoms with Gasteiger partial charge >= 0.3 is 5.97 Å². The van der Waals surface area contributed by atoms with Crippen molar-refractivity contribution in [2.75, 3.05) is 6.61 Å². The highest BCUT2D eigenvalue weighted by atomic mass is 32.2. The minimum absolute atomic E-state index is 0.206. The number of nitrogens with zero attached hydrogens (tertiary/aromatic N) is 2. The van der Waals surface area contributed by atoms with E-state index in [0.29, 0.717) is 27.8 Å². The Morgan fingerprint density at radius 1 is 1.48 bits per heavy atom. The van der Waals surface area contributed by atoms with Crippen molar-refractivity contribution in [2.24, 2.45) is 10.9 Å². The number of nitrogens with one attached hydrogen (secondary N) is 2. The van der Waals surface area contributed by atoms with E-state index in [2.05, 4.69) is 21.3 Å². The van der Waals surface area contributed by atoms with Gasteiger partial charge in [0, 0.05) is 34.0 Å². The molecule has 140 valence electrons. The van der Waals surface area contributed by atoms with Gasteiger partial charge in [0.15, 0.2) is 0 Å². The minimum Gasteiger partial charge on any atom is -0.465 e. The molecule has 1 aliphatic rings. The molecule has 7 nitrogen and oxygen atoms in total. The Morgan fingerprint density at radius 2 is 2.30 bits per heavy atom. The molecule has 0 saturated heterocycles. The number of esters is 1. The van der Waals surface area contributed by atoms with Crippen LogP contribution >= 0.6 is 23.1 Å². The zero-order valence-corrected chi connectivity index (χ0v) is 16.4. The number of thioether (sulfide) groups is 1. The van der Waals surface area contributed by atoms with E-state index < -0.39 is 11.8 Å². The minimum atomic E-state index is -0.616. The maximum atomic E-state index is 12.6. The molecule has 1 unspecified atom stereocenters. The van der Waals surface area contributed by atoms with Gasteiger partial charge in [0.05, 0.1) is 18.2 Å². The number of hydrogen-bond acceptors (Lipinski definition) is 7. The third kappa shape index (κ3) is 4.07. The highest BCUT2D eigenvalue weighted by Crippen LogP contribution is 2.44. The summed E-state index contributed by atoms with van der Waals surface area (Å²) in [7, 11) is 0. The van der Waals surface area contributed by atoms with Gasteiger partial charge in [-0.3, -0.25) is 14.7 Å². The van der Waals surface area contributed by atoms with Crippen LogP contribution in [0, 0.1) is 17.2 Å². The Hall–Kier alpha value is -2.57. The number of carbonyl (C=O) groups is 1. The molecule has 0 spiro atoms. The van der Waals surface area contributed by atoms with Crippen LogP contribution in [0.25, 0.3) is 0 Å². The van der Waals surface area contributed by atoms with Crippen LogP contribution in [-0.4, -0.2) is 28.5 Å². The number of ether oxygens (including phenoxy) is 1. The quantitative estimate of drug-likeness (QED) is 0.721. The predicted octanol–water partition coefficient (Wildman–Crippen LogP) is 3.17. The molecule has 0 saturated carbocycles. The molecule has 3 heterocycles. The first kappa shape index (κ1) is 19.2. The third-order valence-corrected chi connectivity index (χ3v) is 6.12. The Balaban J connectivity index is 1.98. The van der Waals surface area contributed by atoms with Crippen LogP contribution in [0.2, 0.25) is 0 Å². The second kappa shape index (κ2) is 8.41. The van der Waals surface area contributed by atoms with Crippen molar-refractivity contribution in [1.82, 2.24) is 10.2 Å². The number of aliphatic imine (C=N–C) groups is 1. The number of aromatic nitrogens is 2. The lowest BCUT2D eigenvalue weighted by atomic mass is 9.81. The first-order valence-corrected chi connectivity index (χ1v) is 10.2. The van der Waals surface area contributed by atoms with Crippen LogP contribution < -0.4 is 5.56 Å². The van der Waals surface area contributed by atoms with Crippen LogP contribution in [0.3, 0.4) is 0 Å². The average molecular weight is 403 g/mol. The summed E-state index contributed by atoms with van der Waals surface area (Å²) in [5.41, 5.74) is 1.57. The van der Waals surface area contributed by atoms with Gasteiger partial charge in [-0.05, 0) is 25.3 Å². The van der Waals surface area contributed by atoms with Crippen LogP contribution in [0.5, 0.6) is 0 Å². The maximum absolute atomic E-state index is 12.6. The number of hydrogen-bond donors (Lipinski definition) is 2. The van der Waals surface area contributed by atoms with Gasteiger partial charge in [-0.1, -0.05) is 17.8 Å². The smallest absolute Gasteiger partial charge is 0.315 e. The number of allylic oxidation sites excluding steroid dienone is 1. The molecule has 2 N–H and O–H groups in total. The molecular formula is C18H18N4O3S2. The summed E-state index contributed by atoms with van der Waals surface area (Å²) in [6.45, 7) is 3.82. The van der Waals surface area contributed by atoms with Crippen molar-refractivity contribution in [2.45, 2.75) is 25.5 Å². The van der Waals surface area contributed by atoms with E-state index in [1.165, 1.54) is 29.2 Å². The number of thiophene rings is 1. The molecule has 2 aromatic rings. The first-order valence-electron chi connectivity index (χ1n) is 8.34. The summed E-state index contributed by atoms with van der Waals surface area (Å²) >= 11 is 2.86. The topological polar surface area (TPSA) is 111 Å². The number of nitriles is 1. The fourth-order valence-electron chi connectivity index (χ4n) is 2.97. The number of rotatable bonds is 6. The molecule has 0 fully saturated rings. The molecule has 0 bridgehead atoms. The molecule has 2 atom stereocenters. The Morgan fingerprint density at radius 3 is 2.89 bits per heavy atom. The van der Waals surface area contributed by atoms with Crippen molar-refractivity contribution in [3.05, 3.63) is 55.1 Å². The number of aromatic amines is 2. The second-order valence-electron chi connectivity index (χ2n) is 5.88. The normalized spacial score (nSPS) is 19.5. The molecule has 1 aliphatic heterocycles. The standard InChI is InChI=1S/C18H18N4O3S2/c1-3-25-18(24)15-10(2)20-17(27-9-11-7-14(23)22-21-11)12(8-19)16(15)13-5-4-6-26-13/h4-7,15-16H,3,9H2,1-2H3,(H2,21,22,23)/t15?,16-/m1/s1. The summed E-state index contributed by atoms with van der Waals surface area (Å²) in [5, 5.41) is 17.6. The van der Waals surface area contributed by atoms with E-state index in [-0.39, 0.29) is 18.1 Å². The van der Waals surface area contributed by atoms with Crippen LogP contribution in [0.1, 0.15) is 30.3 Å². The molecule has 0 radical (unpaired) electrons. The number of H-pyrrole nitrogens is 2. The Labute approximate surface area is 164 Å². The third-order valence-electron chi connectivity index (χ3n) is 4.13. The first-order chi connectivity index (χ1) is 13.0. The Bertz CT molecular complexity index is 979. The zero-order chi connectivity index (χ0) is 19.4. The van der Waals surface area contributed by atoms with E-state index in [9.17, 15) is 14.9 Å². The largest absolute Gasteiger partial charge is 0.465 e. The summed E-state index contributed by atoms with van der Waals surface area (Å²) < 4.78 is 5.24. The van der Waals surface area contributed by atoms with Crippen molar-refractivity contribution in [3.63, 3.8) is 0 Å². The number of carbonyl (C=O) groups excluding carboxylic acids is 1. The highest BCUT2D eigenvalue weighted by molar-refractivity contribution is 8.02. The van der Waals surface area contributed by atoms with Gasteiger partial charge in [0.1, 0.15) is 10.9 Å². The maximum Gasteiger partial charge on any atom is 0.315 e. The van der Waals surface area contributed by atoms with Crippen LogP contribution in [0.15, 0.2) is 44.0 Å². The van der Waals surface area contributed by atoms with Crippen molar-refractivity contribution < 1.29 is 9.53 Å². The molecule has 0 amide bonds. The summed E-state index contributed by atoms with van der Waals surface area (Å²) in [6.07, 6.45) is 0. The van der Waals surface area contributed by atoms with E-state index in [1.807, 2.05) is 17.5 Å². The fraction of sp³-hybridized carbons (Fsp3) is 0.333. The predicted molar refractivity (Wildman–Crippen MR) is 106 cm³/mol. The molecule has 2 aromatic heterocycles. The molecule has 0 aromatic carbocycles. The van der Waals surface area contributed by atoms with Crippen molar-refractivity contribution in [3.8, 4) is 6.07 Å². The van der Waals surface area contributed by atoms with Gasteiger partial charge in [-0.15, -0.1) is 11.3 Å². The van der Waals surface area contributed by atoms with Gasteiger partial charge in [0.25, 0.3) is 5.56 Å². The molecule has 0 aliphatic carbocycles. The fourth-order valence-corrected chi connectivity index (χ4v) is 4.82. The van der Waals surface area contributed by atoms with E-state index in [1.54, 1.807) is 13.8 Å².